The van der Waals surface area contributed by atoms with Gasteiger partial charge in [-0.2, -0.15) is 0 Å². The first-order valence-electron chi connectivity index (χ1n) is 2.98. The van der Waals surface area contributed by atoms with Gasteiger partial charge in [0.15, 0.2) is 5.78 Å². The first-order chi connectivity index (χ1) is 4.83. The van der Waals surface area contributed by atoms with Gasteiger partial charge in [0.05, 0.1) is 0 Å². The molecule has 1 rings (SSSR count). The second kappa shape index (κ2) is 3.00. The van der Waals surface area contributed by atoms with Gasteiger partial charge < -0.3 is 10.6 Å². The van der Waals surface area contributed by atoms with Gasteiger partial charge in [0.1, 0.15) is 6.17 Å². The van der Waals surface area contributed by atoms with E-state index in [0.29, 0.717) is 12.8 Å². The van der Waals surface area contributed by atoms with Gasteiger partial charge in [0.25, 0.3) is 0 Å². The topological polar surface area (TPSA) is 58.2 Å². The minimum absolute atomic E-state index is 0.0260. The van der Waals surface area contributed by atoms with E-state index in [0.717, 1.165) is 0 Å². The number of carbonyl (C=O) groups excluding carboxylic acids is 2. The zero-order valence-corrected chi connectivity index (χ0v) is 5.33. The highest BCUT2D eigenvalue weighted by molar-refractivity contribution is 5.90. The third-order valence-electron chi connectivity index (χ3n) is 1.24. The molecular formula is C6H8N2O2. The van der Waals surface area contributed by atoms with Crippen LogP contribution in [0.15, 0.2) is 12.3 Å². The second-order valence-corrected chi connectivity index (χ2v) is 2.01. The van der Waals surface area contributed by atoms with Crippen molar-refractivity contribution in [3.05, 3.63) is 12.3 Å². The fourth-order valence-corrected chi connectivity index (χ4v) is 0.775. The molecule has 0 aromatic heterocycles. The Kier molecular flexibility index (Phi) is 2.04. The third-order valence-corrected chi connectivity index (χ3v) is 1.24. The monoisotopic (exact) mass is 140 g/mol. The highest BCUT2D eigenvalue weighted by Gasteiger charge is 2.12. The van der Waals surface area contributed by atoms with Crippen LogP contribution in [-0.4, -0.2) is 18.4 Å². The molecule has 54 valence electrons. The van der Waals surface area contributed by atoms with E-state index in [1.807, 2.05) is 0 Å². The summed E-state index contributed by atoms with van der Waals surface area (Å²) in [6, 6.07) is 0. The maximum absolute atomic E-state index is 10.7. The number of hydrogen-bond donors (Lipinski definition) is 2. The summed E-state index contributed by atoms with van der Waals surface area (Å²) in [5, 5.41) is 5.26. The number of carbonyl (C=O) groups is 2. The molecule has 1 amide bonds. The van der Waals surface area contributed by atoms with E-state index < -0.39 is 0 Å². The minimum atomic E-state index is -0.227. The quantitative estimate of drug-likeness (QED) is 0.490. The molecule has 1 aliphatic rings. The highest BCUT2D eigenvalue weighted by Crippen LogP contribution is 1.95. The molecule has 1 unspecified atom stereocenters. The third kappa shape index (κ3) is 1.58. The lowest BCUT2D eigenvalue weighted by Crippen LogP contribution is -2.42. The minimum Gasteiger partial charge on any atom is -0.371 e. The van der Waals surface area contributed by atoms with E-state index in [2.05, 4.69) is 10.6 Å². The smallest absolute Gasteiger partial charge is 0.208 e. The molecule has 4 nitrogen and oxygen atoms in total. The maximum Gasteiger partial charge on any atom is 0.208 e. The van der Waals surface area contributed by atoms with Crippen LogP contribution in [0.4, 0.5) is 0 Å². The van der Waals surface area contributed by atoms with E-state index in [-0.39, 0.29) is 11.9 Å². The number of hydrogen-bond acceptors (Lipinski definition) is 3. The van der Waals surface area contributed by atoms with Crippen LogP contribution in [0.1, 0.15) is 6.42 Å². The number of nitrogens with one attached hydrogen (secondary N) is 2. The van der Waals surface area contributed by atoms with Crippen molar-refractivity contribution >= 4 is 12.2 Å². The van der Waals surface area contributed by atoms with E-state index in [4.69, 9.17) is 0 Å². The molecular weight excluding hydrogens is 132 g/mol. The van der Waals surface area contributed by atoms with Crippen LogP contribution in [0.3, 0.4) is 0 Å². The molecule has 0 bridgehead atoms. The fraction of sp³-hybridized carbons (Fsp3) is 0.333. The first-order valence-corrected chi connectivity index (χ1v) is 2.98. The number of ketones is 1. The Morgan fingerprint density at radius 3 is 3.20 bits per heavy atom. The van der Waals surface area contributed by atoms with Gasteiger partial charge >= 0.3 is 0 Å². The van der Waals surface area contributed by atoms with Crippen LogP contribution in [-0.2, 0) is 9.59 Å². The van der Waals surface area contributed by atoms with Gasteiger partial charge in [-0.25, -0.2) is 0 Å². The van der Waals surface area contributed by atoms with Crippen LogP contribution >= 0.6 is 0 Å². The van der Waals surface area contributed by atoms with E-state index in [9.17, 15) is 9.59 Å². The number of allylic oxidation sites excluding steroid dienone is 1. The number of rotatable bonds is 2. The maximum atomic E-state index is 10.7. The molecule has 1 atom stereocenters. The lowest BCUT2D eigenvalue weighted by Gasteiger charge is -2.17. The van der Waals surface area contributed by atoms with Crippen LogP contribution < -0.4 is 10.6 Å². The molecule has 2 N–H and O–H groups in total. The van der Waals surface area contributed by atoms with Gasteiger partial charge in [-0.15, -0.1) is 0 Å². The SMILES string of the molecule is O=CNC1CC(=O)C=CN1. The lowest BCUT2D eigenvalue weighted by atomic mass is 10.2. The van der Waals surface area contributed by atoms with Crippen molar-refractivity contribution in [2.45, 2.75) is 12.6 Å². The molecule has 1 heterocycles. The molecule has 0 aliphatic carbocycles. The highest BCUT2D eigenvalue weighted by atomic mass is 16.1. The molecule has 0 spiro atoms. The largest absolute Gasteiger partial charge is 0.371 e. The Hall–Kier alpha value is -1.32. The predicted molar refractivity (Wildman–Crippen MR) is 34.9 cm³/mol. The Balaban J connectivity index is 2.43. The Bertz CT molecular complexity index is 177. The zero-order valence-electron chi connectivity index (χ0n) is 5.33. The van der Waals surface area contributed by atoms with Crippen molar-refractivity contribution in [2.75, 3.05) is 0 Å². The van der Waals surface area contributed by atoms with E-state index in [1.165, 1.54) is 12.3 Å². The van der Waals surface area contributed by atoms with Gasteiger partial charge in [-0.1, -0.05) is 0 Å². The molecule has 10 heavy (non-hydrogen) atoms. The van der Waals surface area contributed by atoms with Crippen LogP contribution in [0.25, 0.3) is 0 Å². The Morgan fingerprint density at radius 1 is 1.80 bits per heavy atom. The van der Waals surface area contributed by atoms with E-state index in [1.54, 1.807) is 0 Å². The average molecular weight is 140 g/mol. The normalized spacial score (nSPS) is 23.6. The van der Waals surface area contributed by atoms with Crippen LogP contribution in [0.2, 0.25) is 0 Å². The standard InChI is InChI=1S/C6H8N2O2/c9-4-8-6-3-5(10)1-2-7-6/h1-2,4,6-7H,3H2,(H,8,9). The molecule has 0 aromatic carbocycles. The summed E-state index contributed by atoms with van der Waals surface area (Å²) >= 11 is 0. The number of amides is 1. The van der Waals surface area contributed by atoms with Crippen molar-refractivity contribution in [1.82, 2.24) is 10.6 Å². The lowest BCUT2D eigenvalue weighted by molar-refractivity contribution is -0.116. The van der Waals surface area contributed by atoms with E-state index >= 15 is 0 Å². The van der Waals surface area contributed by atoms with Gasteiger partial charge in [0.2, 0.25) is 6.41 Å². The van der Waals surface area contributed by atoms with Crippen molar-refractivity contribution in [3.63, 3.8) is 0 Å². The molecule has 0 fully saturated rings. The fourth-order valence-electron chi connectivity index (χ4n) is 0.775. The summed E-state index contributed by atoms with van der Waals surface area (Å²) in [7, 11) is 0. The van der Waals surface area contributed by atoms with Crippen LogP contribution in [0, 0.1) is 0 Å². The summed E-state index contributed by atoms with van der Waals surface area (Å²) in [5.41, 5.74) is 0. The Labute approximate surface area is 58.3 Å². The molecule has 0 radical (unpaired) electrons. The van der Waals surface area contributed by atoms with Gasteiger partial charge in [-0.3, -0.25) is 9.59 Å². The van der Waals surface area contributed by atoms with Gasteiger partial charge in [-0.05, 0) is 6.08 Å². The van der Waals surface area contributed by atoms with Crippen LogP contribution in [0.5, 0.6) is 0 Å². The van der Waals surface area contributed by atoms with Crippen molar-refractivity contribution in [1.29, 1.82) is 0 Å². The summed E-state index contributed by atoms with van der Waals surface area (Å²) in [6.07, 6.45) is 3.66. The average Bonchev–Trinajstić information content (AvgIpc) is 1.88. The summed E-state index contributed by atoms with van der Waals surface area (Å²) in [6.45, 7) is 0. The summed E-state index contributed by atoms with van der Waals surface area (Å²) in [5.74, 6) is 0.0260. The molecule has 4 heteroatoms. The Morgan fingerprint density at radius 2 is 2.60 bits per heavy atom. The molecule has 1 aliphatic heterocycles. The van der Waals surface area contributed by atoms with Crippen molar-refractivity contribution in [3.8, 4) is 0 Å². The predicted octanol–water partition coefficient (Wildman–Crippen LogP) is -0.865. The van der Waals surface area contributed by atoms with Gasteiger partial charge in [0, 0.05) is 12.6 Å². The zero-order chi connectivity index (χ0) is 7.40. The second-order valence-electron chi connectivity index (χ2n) is 2.01. The summed E-state index contributed by atoms with van der Waals surface area (Å²) < 4.78 is 0. The summed E-state index contributed by atoms with van der Waals surface area (Å²) in [4.78, 5) is 20.6. The van der Waals surface area contributed by atoms with Crippen molar-refractivity contribution < 1.29 is 9.59 Å². The molecule has 0 saturated heterocycles. The first kappa shape index (κ1) is 6.80. The molecule has 0 aromatic rings. The molecule has 0 saturated carbocycles. The van der Waals surface area contributed by atoms with Crippen molar-refractivity contribution in [2.24, 2.45) is 0 Å².